The van der Waals surface area contributed by atoms with Crippen molar-refractivity contribution < 1.29 is 4.92 Å². The Morgan fingerprint density at radius 3 is 2.44 bits per heavy atom. The molecular formula is C15H20N8O2. The molecule has 25 heavy (non-hydrogen) atoms. The van der Waals surface area contributed by atoms with E-state index in [2.05, 4.69) is 25.3 Å². The third-order valence-electron chi connectivity index (χ3n) is 3.87. The molecule has 1 N–H and O–H groups in total. The van der Waals surface area contributed by atoms with Gasteiger partial charge < -0.3 is 9.80 Å². The number of rotatable bonds is 5. The summed E-state index contributed by atoms with van der Waals surface area (Å²) < 4.78 is 0. The first-order valence-electron chi connectivity index (χ1n) is 7.90. The van der Waals surface area contributed by atoms with E-state index in [0.29, 0.717) is 32.0 Å². The smallest absolute Gasteiger partial charge is 0.353 e. The first-order chi connectivity index (χ1) is 12.1. The number of nitrogens with zero attached hydrogens (tertiary/aromatic N) is 7. The summed E-state index contributed by atoms with van der Waals surface area (Å²) in [5.74, 6) is 1.44. The second-order valence-corrected chi connectivity index (χ2v) is 5.82. The molecule has 10 heteroatoms. The Morgan fingerprint density at radius 2 is 1.84 bits per heavy atom. The van der Waals surface area contributed by atoms with Crippen LogP contribution in [0.1, 0.15) is 0 Å². The average Bonchev–Trinajstić information content (AvgIpc) is 2.62. The van der Waals surface area contributed by atoms with E-state index in [1.807, 2.05) is 23.1 Å². The van der Waals surface area contributed by atoms with Crippen LogP contribution in [0, 0.1) is 10.1 Å². The lowest BCUT2D eigenvalue weighted by Crippen LogP contribution is -2.47. The Kier molecular flexibility index (Phi) is 4.89. The number of nitrogens with one attached hydrogen (secondary N) is 1. The fourth-order valence-corrected chi connectivity index (χ4v) is 2.75. The first kappa shape index (κ1) is 16.8. The topological polar surface area (TPSA) is 104 Å². The van der Waals surface area contributed by atoms with Crippen molar-refractivity contribution in [2.45, 2.75) is 0 Å². The van der Waals surface area contributed by atoms with Gasteiger partial charge in [-0.3, -0.25) is 15.5 Å². The van der Waals surface area contributed by atoms with Crippen molar-refractivity contribution >= 4 is 23.1 Å². The largest absolute Gasteiger partial charge is 0.354 e. The summed E-state index contributed by atoms with van der Waals surface area (Å²) in [7, 11) is 3.49. The van der Waals surface area contributed by atoms with Crippen LogP contribution in [0.15, 0.2) is 30.7 Å². The highest BCUT2D eigenvalue weighted by atomic mass is 16.6. The maximum absolute atomic E-state index is 11.6. The maximum atomic E-state index is 11.6. The van der Waals surface area contributed by atoms with E-state index in [4.69, 9.17) is 0 Å². The van der Waals surface area contributed by atoms with Crippen LogP contribution in [-0.2, 0) is 0 Å². The Bertz CT molecular complexity index is 732. The molecule has 1 fully saturated rings. The Balaban J connectivity index is 1.80. The van der Waals surface area contributed by atoms with Crippen molar-refractivity contribution in [1.82, 2.24) is 20.0 Å². The van der Waals surface area contributed by atoms with Crippen molar-refractivity contribution in [1.29, 1.82) is 0 Å². The second kappa shape index (κ2) is 7.26. The van der Waals surface area contributed by atoms with Gasteiger partial charge in [-0.2, -0.15) is 0 Å². The molecule has 1 aliphatic rings. The highest BCUT2D eigenvalue weighted by Gasteiger charge is 2.29. The number of hydrogen-bond acceptors (Lipinski definition) is 9. The number of hydrazine groups is 1. The molecule has 132 valence electrons. The molecule has 0 radical (unpaired) electrons. The number of aromatic nitrogens is 3. The van der Waals surface area contributed by atoms with E-state index in [1.165, 1.54) is 6.33 Å². The predicted molar refractivity (Wildman–Crippen MR) is 94.7 cm³/mol. The molecule has 10 nitrogen and oxygen atoms in total. The van der Waals surface area contributed by atoms with Crippen molar-refractivity contribution in [3.63, 3.8) is 0 Å². The molecule has 2 aromatic rings. The number of piperazine rings is 1. The summed E-state index contributed by atoms with van der Waals surface area (Å²) in [6.07, 6.45) is 3.11. The Morgan fingerprint density at radius 1 is 1.12 bits per heavy atom. The van der Waals surface area contributed by atoms with Gasteiger partial charge in [-0.1, -0.05) is 6.07 Å². The van der Waals surface area contributed by atoms with Crippen LogP contribution >= 0.6 is 0 Å². The van der Waals surface area contributed by atoms with E-state index in [-0.39, 0.29) is 11.5 Å². The van der Waals surface area contributed by atoms with Crippen LogP contribution in [0.3, 0.4) is 0 Å². The third-order valence-corrected chi connectivity index (χ3v) is 3.87. The Hall–Kier alpha value is -3.01. The van der Waals surface area contributed by atoms with E-state index in [0.717, 1.165) is 5.82 Å². The van der Waals surface area contributed by atoms with Gasteiger partial charge in [0.05, 0.1) is 4.92 Å². The molecule has 0 spiro atoms. The van der Waals surface area contributed by atoms with Gasteiger partial charge >= 0.3 is 5.69 Å². The van der Waals surface area contributed by atoms with Crippen LogP contribution in [0.5, 0.6) is 0 Å². The lowest BCUT2D eigenvalue weighted by atomic mass is 10.3. The second-order valence-electron chi connectivity index (χ2n) is 5.82. The van der Waals surface area contributed by atoms with Crippen LogP contribution in [0.4, 0.5) is 23.1 Å². The SMILES string of the molecule is CN(C)Nc1ncnc(N2CCN(c3ccccn3)CC2)c1[N+](=O)[O-]. The van der Waals surface area contributed by atoms with Gasteiger partial charge in [0.15, 0.2) is 0 Å². The van der Waals surface area contributed by atoms with Crippen molar-refractivity contribution in [3.05, 3.63) is 40.8 Å². The van der Waals surface area contributed by atoms with Crippen LogP contribution in [0.2, 0.25) is 0 Å². The van der Waals surface area contributed by atoms with Crippen LogP contribution in [-0.4, -0.2) is 65.2 Å². The van der Waals surface area contributed by atoms with Crippen LogP contribution < -0.4 is 15.2 Å². The molecular weight excluding hydrogens is 324 g/mol. The Labute approximate surface area is 145 Å². The van der Waals surface area contributed by atoms with E-state index in [1.54, 1.807) is 25.3 Å². The molecule has 2 aromatic heterocycles. The predicted octanol–water partition coefficient (Wildman–Crippen LogP) is 0.995. The molecule has 1 aliphatic heterocycles. The average molecular weight is 344 g/mol. The van der Waals surface area contributed by atoms with Gasteiger partial charge in [0.2, 0.25) is 11.6 Å². The zero-order valence-corrected chi connectivity index (χ0v) is 14.2. The molecule has 3 rings (SSSR count). The molecule has 0 atom stereocenters. The molecule has 0 aromatic carbocycles. The summed E-state index contributed by atoms with van der Waals surface area (Å²) in [6.45, 7) is 2.68. The summed E-state index contributed by atoms with van der Waals surface area (Å²) in [5.41, 5.74) is 2.75. The van der Waals surface area contributed by atoms with Crippen molar-refractivity contribution in [2.24, 2.45) is 0 Å². The molecule has 3 heterocycles. The number of anilines is 3. The molecule has 0 amide bonds. The van der Waals surface area contributed by atoms with Gasteiger partial charge in [0.1, 0.15) is 12.1 Å². The number of pyridine rings is 1. The van der Waals surface area contributed by atoms with Gasteiger partial charge in [-0.25, -0.2) is 20.0 Å². The fourth-order valence-electron chi connectivity index (χ4n) is 2.75. The third kappa shape index (κ3) is 3.74. The zero-order valence-electron chi connectivity index (χ0n) is 14.2. The lowest BCUT2D eigenvalue weighted by Gasteiger charge is -2.35. The van der Waals surface area contributed by atoms with E-state index in [9.17, 15) is 10.1 Å². The summed E-state index contributed by atoms with van der Waals surface area (Å²) in [6, 6.07) is 5.79. The van der Waals surface area contributed by atoms with Crippen molar-refractivity contribution in [2.75, 3.05) is 55.5 Å². The first-order valence-corrected chi connectivity index (χ1v) is 7.90. The number of nitro groups is 1. The molecule has 0 aliphatic carbocycles. The normalized spacial score (nSPS) is 14.7. The molecule has 1 saturated heterocycles. The number of hydrogen-bond donors (Lipinski definition) is 1. The molecule has 0 saturated carbocycles. The summed E-state index contributed by atoms with van der Waals surface area (Å²) >= 11 is 0. The molecule has 0 unspecified atom stereocenters. The zero-order chi connectivity index (χ0) is 17.8. The lowest BCUT2D eigenvalue weighted by molar-refractivity contribution is -0.383. The van der Waals surface area contributed by atoms with Crippen LogP contribution in [0.25, 0.3) is 0 Å². The quantitative estimate of drug-likeness (QED) is 0.628. The van der Waals surface area contributed by atoms with Gasteiger partial charge in [0, 0.05) is 46.5 Å². The highest BCUT2D eigenvalue weighted by molar-refractivity contribution is 5.70. The minimum atomic E-state index is -0.438. The van der Waals surface area contributed by atoms with Gasteiger partial charge in [0.25, 0.3) is 0 Å². The fraction of sp³-hybridized carbons (Fsp3) is 0.400. The maximum Gasteiger partial charge on any atom is 0.354 e. The molecule has 0 bridgehead atoms. The monoisotopic (exact) mass is 344 g/mol. The standard InChI is InChI=1S/C15H20N8O2/c1-20(2)19-14-13(23(24)25)15(18-11-17-14)22-9-7-21(8-10-22)12-5-3-4-6-16-12/h3-6,11H,7-10H2,1-2H3,(H,17,18,19). The van der Waals surface area contributed by atoms with Gasteiger partial charge in [-0.15, -0.1) is 0 Å². The van der Waals surface area contributed by atoms with E-state index >= 15 is 0 Å². The highest BCUT2D eigenvalue weighted by Crippen LogP contribution is 2.32. The summed E-state index contributed by atoms with van der Waals surface area (Å²) in [4.78, 5) is 27.7. The minimum absolute atomic E-state index is 0.109. The van der Waals surface area contributed by atoms with E-state index < -0.39 is 4.92 Å². The summed E-state index contributed by atoms with van der Waals surface area (Å²) in [5, 5.41) is 13.2. The minimum Gasteiger partial charge on any atom is -0.353 e. The van der Waals surface area contributed by atoms with Crippen molar-refractivity contribution in [3.8, 4) is 0 Å². The van der Waals surface area contributed by atoms with Gasteiger partial charge in [-0.05, 0) is 12.1 Å².